The third-order valence-electron chi connectivity index (χ3n) is 3.97. The summed E-state index contributed by atoms with van der Waals surface area (Å²) in [6.45, 7) is 2.06. The Balaban J connectivity index is 1.72. The maximum absolute atomic E-state index is 13.3. The summed E-state index contributed by atoms with van der Waals surface area (Å²) in [5.74, 6) is 0.602. The van der Waals surface area contributed by atoms with Crippen LogP contribution in [-0.4, -0.2) is 17.5 Å². The molecule has 0 aromatic heterocycles. The number of nitrogens with zero attached hydrogens (tertiary/aromatic N) is 1. The molecule has 2 atom stereocenters. The quantitative estimate of drug-likeness (QED) is 0.775. The predicted molar refractivity (Wildman–Crippen MR) is 62.4 cm³/mol. The second-order valence-electron chi connectivity index (χ2n) is 5.12. The van der Waals surface area contributed by atoms with E-state index in [-0.39, 0.29) is 11.5 Å². The lowest BCUT2D eigenvalue weighted by molar-refractivity contribution is 0.205. The van der Waals surface area contributed by atoms with Crippen molar-refractivity contribution < 1.29 is 4.39 Å². The number of anilines is 1. The number of nitrogens with two attached hydrogens (primary N) is 1. The van der Waals surface area contributed by atoms with Crippen LogP contribution < -0.4 is 5.73 Å². The fourth-order valence-electron chi connectivity index (χ4n) is 3.12. The molecule has 2 bridgehead atoms. The monoisotopic (exact) mass is 220 g/mol. The molecule has 1 aromatic carbocycles. The van der Waals surface area contributed by atoms with Crippen molar-refractivity contribution in [3.63, 3.8) is 0 Å². The van der Waals surface area contributed by atoms with Gasteiger partial charge in [-0.1, -0.05) is 6.07 Å². The van der Waals surface area contributed by atoms with Crippen LogP contribution in [0.2, 0.25) is 0 Å². The molecule has 2 N–H and O–H groups in total. The van der Waals surface area contributed by atoms with Crippen LogP contribution in [0.3, 0.4) is 0 Å². The normalized spacial score (nSPS) is 28.8. The summed E-state index contributed by atoms with van der Waals surface area (Å²) in [6, 6.07) is 5.91. The van der Waals surface area contributed by atoms with Crippen LogP contribution in [0, 0.1) is 11.7 Å². The van der Waals surface area contributed by atoms with Crippen molar-refractivity contribution in [2.45, 2.75) is 31.8 Å². The Morgan fingerprint density at radius 1 is 1.38 bits per heavy atom. The van der Waals surface area contributed by atoms with E-state index < -0.39 is 0 Å². The second-order valence-corrected chi connectivity index (χ2v) is 5.12. The first-order valence-corrected chi connectivity index (χ1v) is 6.00. The van der Waals surface area contributed by atoms with E-state index >= 15 is 0 Å². The van der Waals surface area contributed by atoms with Gasteiger partial charge in [0.2, 0.25) is 0 Å². The first kappa shape index (κ1) is 10.1. The lowest BCUT2D eigenvalue weighted by atomic mass is 10.1. The zero-order valence-corrected chi connectivity index (χ0v) is 9.32. The molecule has 1 saturated carbocycles. The van der Waals surface area contributed by atoms with E-state index in [2.05, 4.69) is 4.90 Å². The van der Waals surface area contributed by atoms with Gasteiger partial charge in [0.1, 0.15) is 5.82 Å². The van der Waals surface area contributed by atoms with E-state index in [4.69, 9.17) is 5.73 Å². The van der Waals surface area contributed by atoms with Gasteiger partial charge in [-0.25, -0.2) is 4.39 Å². The molecule has 16 heavy (non-hydrogen) atoms. The fraction of sp³-hybridized carbons (Fsp3) is 0.538. The molecule has 1 aliphatic carbocycles. The van der Waals surface area contributed by atoms with E-state index in [0.29, 0.717) is 0 Å². The standard InChI is InChI=1S/C13H17FN2/c14-12-6-10(2-4-13(12)15)8-16-7-9-1-3-11(16)5-9/h2,4,6,9,11H,1,3,5,7-8,15H2. The smallest absolute Gasteiger partial charge is 0.146 e. The average molecular weight is 220 g/mol. The number of nitrogen functional groups attached to an aromatic ring is 1. The van der Waals surface area contributed by atoms with Crippen LogP contribution in [0.1, 0.15) is 24.8 Å². The zero-order valence-electron chi connectivity index (χ0n) is 9.32. The lowest BCUT2D eigenvalue weighted by Crippen LogP contribution is -2.31. The number of likely N-dealkylation sites (tertiary alicyclic amines) is 1. The molecular formula is C13H17FN2. The fourth-order valence-corrected chi connectivity index (χ4v) is 3.12. The van der Waals surface area contributed by atoms with Crippen molar-refractivity contribution in [2.24, 2.45) is 5.92 Å². The van der Waals surface area contributed by atoms with Gasteiger partial charge < -0.3 is 5.73 Å². The summed E-state index contributed by atoms with van der Waals surface area (Å²) in [7, 11) is 0. The van der Waals surface area contributed by atoms with Crippen LogP contribution >= 0.6 is 0 Å². The summed E-state index contributed by atoms with van der Waals surface area (Å²) in [5, 5.41) is 0. The van der Waals surface area contributed by atoms with Crippen molar-refractivity contribution in [3.05, 3.63) is 29.6 Å². The van der Waals surface area contributed by atoms with Crippen LogP contribution in [0.15, 0.2) is 18.2 Å². The van der Waals surface area contributed by atoms with Gasteiger partial charge in [0, 0.05) is 19.1 Å². The van der Waals surface area contributed by atoms with Crippen LogP contribution in [-0.2, 0) is 6.54 Å². The maximum atomic E-state index is 13.3. The largest absolute Gasteiger partial charge is 0.396 e. The average Bonchev–Trinajstić information content (AvgIpc) is 2.85. The number of benzene rings is 1. The van der Waals surface area contributed by atoms with Crippen molar-refractivity contribution in [1.29, 1.82) is 0 Å². The third kappa shape index (κ3) is 1.69. The minimum absolute atomic E-state index is 0.242. The molecule has 1 saturated heterocycles. The summed E-state index contributed by atoms with van der Waals surface area (Å²) < 4.78 is 13.3. The van der Waals surface area contributed by atoms with Crippen molar-refractivity contribution in [1.82, 2.24) is 4.90 Å². The highest BCUT2D eigenvalue weighted by Crippen LogP contribution is 2.38. The van der Waals surface area contributed by atoms with Gasteiger partial charge >= 0.3 is 0 Å². The van der Waals surface area contributed by atoms with E-state index in [0.717, 1.165) is 24.1 Å². The molecule has 86 valence electrons. The molecule has 0 amide bonds. The first-order valence-electron chi connectivity index (χ1n) is 6.00. The molecule has 0 spiro atoms. The summed E-state index contributed by atoms with van der Waals surface area (Å²) in [5.41, 5.74) is 6.75. The molecule has 3 rings (SSSR count). The number of hydrogen-bond donors (Lipinski definition) is 1. The summed E-state index contributed by atoms with van der Waals surface area (Å²) >= 11 is 0. The molecule has 3 heteroatoms. The van der Waals surface area contributed by atoms with E-state index in [1.165, 1.54) is 25.8 Å². The summed E-state index contributed by atoms with van der Waals surface area (Å²) in [4.78, 5) is 2.49. The van der Waals surface area contributed by atoms with Gasteiger partial charge in [-0.2, -0.15) is 0 Å². The van der Waals surface area contributed by atoms with Gasteiger partial charge in [-0.3, -0.25) is 4.90 Å². The van der Waals surface area contributed by atoms with Gasteiger partial charge in [-0.05, 0) is 42.9 Å². The molecule has 1 heterocycles. The molecule has 2 aliphatic rings. The molecular weight excluding hydrogens is 203 g/mol. The maximum Gasteiger partial charge on any atom is 0.146 e. The van der Waals surface area contributed by atoms with Crippen LogP contribution in [0.5, 0.6) is 0 Å². The lowest BCUT2D eigenvalue weighted by Gasteiger charge is -2.26. The predicted octanol–water partition coefficient (Wildman–Crippen LogP) is 2.39. The number of fused-ring (bicyclic) bond motifs is 2. The SMILES string of the molecule is Nc1ccc(CN2CC3CCC2C3)cc1F. The minimum Gasteiger partial charge on any atom is -0.396 e. The van der Waals surface area contributed by atoms with Gasteiger partial charge in [-0.15, -0.1) is 0 Å². The number of hydrogen-bond acceptors (Lipinski definition) is 2. The molecule has 2 nitrogen and oxygen atoms in total. The zero-order chi connectivity index (χ0) is 11.1. The molecule has 1 aromatic rings. The third-order valence-corrected chi connectivity index (χ3v) is 3.97. The van der Waals surface area contributed by atoms with Crippen molar-refractivity contribution in [3.8, 4) is 0 Å². The topological polar surface area (TPSA) is 29.3 Å². The summed E-state index contributed by atoms with van der Waals surface area (Å²) in [6.07, 6.45) is 4.05. The molecule has 2 unspecified atom stereocenters. The van der Waals surface area contributed by atoms with Crippen LogP contribution in [0.25, 0.3) is 0 Å². The molecule has 0 radical (unpaired) electrons. The second kappa shape index (κ2) is 3.74. The van der Waals surface area contributed by atoms with Crippen molar-refractivity contribution >= 4 is 5.69 Å². The van der Waals surface area contributed by atoms with Gasteiger partial charge in [0.05, 0.1) is 5.69 Å². The number of rotatable bonds is 2. The van der Waals surface area contributed by atoms with Gasteiger partial charge in [0.15, 0.2) is 0 Å². The Morgan fingerprint density at radius 3 is 2.88 bits per heavy atom. The van der Waals surface area contributed by atoms with Gasteiger partial charge in [0.25, 0.3) is 0 Å². The Morgan fingerprint density at radius 2 is 2.25 bits per heavy atom. The Bertz CT molecular complexity index is 405. The highest BCUT2D eigenvalue weighted by Gasteiger charge is 2.37. The number of halogens is 1. The highest BCUT2D eigenvalue weighted by atomic mass is 19.1. The van der Waals surface area contributed by atoms with Crippen LogP contribution in [0.4, 0.5) is 10.1 Å². The molecule has 1 aliphatic heterocycles. The Kier molecular flexibility index (Phi) is 2.36. The Hall–Kier alpha value is -1.09. The molecule has 2 fully saturated rings. The number of piperidine rings is 1. The van der Waals surface area contributed by atoms with E-state index in [1.807, 2.05) is 6.07 Å². The van der Waals surface area contributed by atoms with E-state index in [9.17, 15) is 4.39 Å². The Labute approximate surface area is 95.2 Å². The minimum atomic E-state index is -0.290. The highest BCUT2D eigenvalue weighted by molar-refractivity contribution is 5.41. The van der Waals surface area contributed by atoms with E-state index in [1.54, 1.807) is 12.1 Å². The van der Waals surface area contributed by atoms with Crippen molar-refractivity contribution in [2.75, 3.05) is 12.3 Å². The first-order chi connectivity index (χ1) is 7.72.